The Morgan fingerprint density at radius 1 is 1.58 bits per heavy atom. The second kappa shape index (κ2) is 5.25. The molecule has 1 saturated carbocycles. The minimum atomic E-state index is 0.133. The Hall–Kier alpha value is -0.870. The highest BCUT2D eigenvalue weighted by Crippen LogP contribution is 2.38. The average molecular weight is 278 g/mol. The lowest BCUT2D eigenvalue weighted by molar-refractivity contribution is 0.0856. The molecule has 0 bridgehead atoms. The summed E-state index contributed by atoms with van der Waals surface area (Å²) in [6.45, 7) is 3.14. The van der Waals surface area contributed by atoms with E-state index in [1.54, 1.807) is 11.3 Å². The van der Waals surface area contributed by atoms with Crippen LogP contribution in [0.5, 0.6) is 0 Å². The standard InChI is InChI=1S/C15H22N2OS/c1-2-11-5-9-19-13(11)14(18)17-12-4-8-16-15(10-12)6-3-7-15/h5,9,12,16H,2-4,6-8,10H2,1H3,(H,17,18). The fraction of sp³-hybridized carbons (Fsp3) is 0.667. The summed E-state index contributed by atoms with van der Waals surface area (Å²) in [6.07, 6.45) is 6.98. The third-order valence-electron chi connectivity index (χ3n) is 4.61. The van der Waals surface area contributed by atoms with E-state index in [4.69, 9.17) is 0 Å². The molecule has 2 N–H and O–H groups in total. The molecule has 1 aromatic rings. The normalized spacial score (nSPS) is 25.0. The molecule has 3 nitrogen and oxygen atoms in total. The van der Waals surface area contributed by atoms with Crippen LogP contribution in [0.4, 0.5) is 0 Å². The molecule has 1 aromatic heterocycles. The van der Waals surface area contributed by atoms with Crippen LogP contribution in [0.1, 0.15) is 54.3 Å². The molecule has 0 radical (unpaired) electrons. The van der Waals surface area contributed by atoms with Crippen molar-refractivity contribution < 1.29 is 4.79 Å². The molecule has 19 heavy (non-hydrogen) atoms. The van der Waals surface area contributed by atoms with Gasteiger partial charge in [0, 0.05) is 11.6 Å². The van der Waals surface area contributed by atoms with E-state index in [1.165, 1.54) is 24.8 Å². The topological polar surface area (TPSA) is 41.1 Å². The zero-order valence-corrected chi connectivity index (χ0v) is 12.3. The highest BCUT2D eigenvalue weighted by Gasteiger charge is 2.41. The molecule has 4 heteroatoms. The number of nitrogens with one attached hydrogen (secondary N) is 2. The van der Waals surface area contributed by atoms with Crippen LogP contribution in [0.3, 0.4) is 0 Å². The van der Waals surface area contributed by atoms with Crippen LogP contribution in [0.15, 0.2) is 11.4 Å². The molecule has 2 aliphatic rings. The summed E-state index contributed by atoms with van der Waals surface area (Å²) in [5.41, 5.74) is 1.52. The highest BCUT2D eigenvalue weighted by atomic mass is 32.1. The van der Waals surface area contributed by atoms with Crippen LogP contribution < -0.4 is 10.6 Å². The van der Waals surface area contributed by atoms with Crippen molar-refractivity contribution in [1.29, 1.82) is 0 Å². The summed E-state index contributed by atoms with van der Waals surface area (Å²) >= 11 is 1.56. The van der Waals surface area contributed by atoms with Crippen LogP contribution in [0, 0.1) is 0 Å². The number of hydrogen-bond donors (Lipinski definition) is 2. The number of amides is 1. The van der Waals surface area contributed by atoms with Gasteiger partial charge in [-0.3, -0.25) is 4.79 Å². The summed E-state index contributed by atoms with van der Waals surface area (Å²) in [5, 5.41) is 8.91. The van der Waals surface area contributed by atoms with Gasteiger partial charge in [0.05, 0.1) is 4.88 Å². The van der Waals surface area contributed by atoms with Gasteiger partial charge < -0.3 is 10.6 Å². The number of thiophene rings is 1. The SMILES string of the molecule is CCc1ccsc1C(=O)NC1CCNC2(CCC2)C1. The third kappa shape index (κ3) is 2.56. The smallest absolute Gasteiger partial charge is 0.261 e. The molecule has 1 aliphatic carbocycles. The summed E-state index contributed by atoms with van der Waals surface area (Å²) in [4.78, 5) is 13.3. The van der Waals surface area contributed by atoms with Gasteiger partial charge in [0.1, 0.15) is 0 Å². The fourth-order valence-corrected chi connectivity index (χ4v) is 4.23. The molecule has 1 spiro atoms. The molecule has 1 amide bonds. The Balaban J connectivity index is 1.63. The second-order valence-corrected chi connectivity index (χ2v) is 6.77. The van der Waals surface area contributed by atoms with Gasteiger partial charge in [-0.2, -0.15) is 0 Å². The Kier molecular flexibility index (Phi) is 3.63. The van der Waals surface area contributed by atoms with Crippen LogP contribution in [-0.4, -0.2) is 24.0 Å². The zero-order chi connectivity index (χ0) is 13.3. The predicted octanol–water partition coefficient (Wildman–Crippen LogP) is 2.72. The summed E-state index contributed by atoms with van der Waals surface area (Å²) in [5.74, 6) is 0.133. The lowest BCUT2D eigenvalue weighted by Gasteiger charge is -2.48. The van der Waals surface area contributed by atoms with Gasteiger partial charge >= 0.3 is 0 Å². The van der Waals surface area contributed by atoms with E-state index in [1.807, 2.05) is 5.38 Å². The quantitative estimate of drug-likeness (QED) is 0.892. The number of rotatable bonds is 3. The molecule has 2 fully saturated rings. The van der Waals surface area contributed by atoms with E-state index in [0.29, 0.717) is 11.6 Å². The van der Waals surface area contributed by atoms with Crippen molar-refractivity contribution in [3.8, 4) is 0 Å². The Morgan fingerprint density at radius 2 is 2.42 bits per heavy atom. The van der Waals surface area contributed by atoms with E-state index in [2.05, 4.69) is 23.6 Å². The van der Waals surface area contributed by atoms with E-state index >= 15 is 0 Å². The molecular formula is C15H22N2OS. The summed E-state index contributed by atoms with van der Waals surface area (Å²) < 4.78 is 0. The first kappa shape index (κ1) is 13.1. The Morgan fingerprint density at radius 3 is 3.11 bits per heavy atom. The van der Waals surface area contributed by atoms with Gasteiger partial charge in [0.15, 0.2) is 0 Å². The van der Waals surface area contributed by atoms with Gasteiger partial charge in [-0.05, 0) is 62.1 Å². The van der Waals surface area contributed by atoms with Crippen LogP contribution in [0.25, 0.3) is 0 Å². The predicted molar refractivity (Wildman–Crippen MR) is 78.8 cm³/mol. The van der Waals surface area contributed by atoms with E-state index in [-0.39, 0.29) is 5.91 Å². The van der Waals surface area contributed by atoms with Crippen LogP contribution >= 0.6 is 11.3 Å². The van der Waals surface area contributed by atoms with E-state index < -0.39 is 0 Å². The summed E-state index contributed by atoms with van der Waals surface area (Å²) in [6, 6.07) is 2.41. The zero-order valence-electron chi connectivity index (χ0n) is 11.5. The van der Waals surface area contributed by atoms with Gasteiger partial charge in [-0.25, -0.2) is 0 Å². The lowest BCUT2D eigenvalue weighted by Crippen LogP contribution is -2.59. The first-order valence-corrected chi connectivity index (χ1v) is 8.23. The summed E-state index contributed by atoms with van der Waals surface area (Å²) in [7, 11) is 0. The first-order chi connectivity index (χ1) is 9.22. The molecule has 0 aromatic carbocycles. The number of carbonyl (C=O) groups is 1. The van der Waals surface area contributed by atoms with Crippen molar-refractivity contribution in [3.63, 3.8) is 0 Å². The molecule has 1 aliphatic heterocycles. The molecule has 3 rings (SSSR count). The Bertz CT molecular complexity index is 464. The van der Waals surface area contributed by atoms with Crippen LogP contribution in [0.2, 0.25) is 0 Å². The van der Waals surface area contributed by atoms with Crippen molar-refractivity contribution in [2.45, 2.75) is 57.0 Å². The third-order valence-corrected chi connectivity index (χ3v) is 5.57. The van der Waals surface area contributed by atoms with Gasteiger partial charge in [0.2, 0.25) is 0 Å². The van der Waals surface area contributed by atoms with Crippen molar-refractivity contribution in [3.05, 3.63) is 21.9 Å². The molecule has 1 unspecified atom stereocenters. The number of carbonyl (C=O) groups excluding carboxylic acids is 1. The largest absolute Gasteiger partial charge is 0.348 e. The van der Waals surface area contributed by atoms with Crippen molar-refractivity contribution in [2.24, 2.45) is 0 Å². The monoisotopic (exact) mass is 278 g/mol. The van der Waals surface area contributed by atoms with Crippen molar-refractivity contribution in [1.82, 2.24) is 10.6 Å². The number of piperidine rings is 1. The first-order valence-electron chi connectivity index (χ1n) is 7.35. The van der Waals surface area contributed by atoms with Crippen LogP contribution in [-0.2, 0) is 6.42 Å². The number of hydrogen-bond acceptors (Lipinski definition) is 3. The molecule has 1 atom stereocenters. The highest BCUT2D eigenvalue weighted by molar-refractivity contribution is 7.12. The molecule has 104 valence electrons. The molecular weight excluding hydrogens is 256 g/mol. The average Bonchev–Trinajstić information content (AvgIpc) is 2.85. The van der Waals surface area contributed by atoms with Crippen molar-refractivity contribution in [2.75, 3.05) is 6.54 Å². The maximum atomic E-state index is 12.3. The minimum absolute atomic E-state index is 0.133. The lowest BCUT2D eigenvalue weighted by atomic mass is 9.70. The fourth-order valence-electron chi connectivity index (χ4n) is 3.33. The van der Waals surface area contributed by atoms with Gasteiger partial charge in [0.25, 0.3) is 5.91 Å². The minimum Gasteiger partial charge on any atom is -0.348 e. The van der Waals surface area contributed by atoms with Gasteiger partial charge in [-0.15, -0.1) is 11.3 Å². The maximum absolute atomic E-state index is 12.3. The second-order valence-electron chi connectivity index (χ2n) is 5.85. The van der Waals surface area contributed by atoms with E-state index in [0.717, 1.165) is 30.7 Å². The molecule has 1 saturated heterocycles. The Labute approximate surface area is 118 Å². The molecule has 2 heterocycles. The van der Waals surface area contributed by atoms with Gasteiger partial charge in [-0.1, -0.05) is 6.92 Å². The van der Waals surface area contributed by atoms with Crippen molar-refractivity contribution >= 4 is 17.2 Å². The van der Waals surface area contributed by atoms with E-state index in [9.17, 15) is 4.79 Å². The number of aryl methyl sites for hydroxylation is 1. The maximum Gasteiger partial charge on any atom is 0.261 e.